The summed E-state index contributed by atoms with van der Waals surface area (Å²) in [5.41, 5.74) is 4.99. The number of primary amides is 1. The van der Waals surface area contributed by atoms with Crippen molar-refractivity contribution in [3.8, 4) is 37.9 Å². The predicted octanol–water partition coefficient (Wildman–Crippen LogP) is 5.49. The zero-order chi connectivity index (χ0) is 30.1. The van der Waals surface area contributed by atoms with Crippen LogP contribution in [0.3, 0.4) is 0 Å². The van der Waals surface area contributed by atoms with Crippen molar-refractivity contribution in [1.82, 2.24) is 9.71 Å². The fraction of sp³-hybridized carbons (Fsp3) is 0.154. The molecule has 0 saturated heterocycles. The van der Waals surface area contributed by atoms with Crippen molar-refractivity contribution in [2.75, 3.05) is 0 Å². The lowest BCUT2D eigenvalue weighted by Gasteiger charge is -2.24. The maximum atomic E-state index is 14.0. The number of rotatable bonds is 8. The van der Waals surface area contributed by atoms with E-state index in [-0.39, 0.29) is 38.7 Å². The number of nitrogens with two attached hydrogens (primary N) is 1. The van der Waals surface area contributed by atoms with Crippen molar-refractivity contribution in [1.29, 1.82) is 0 Å². The summed E-state index contributed by atoms with van der Waals surface area (Å²) in [4.78, 5) is 37.4. The van der Waals surface area contributed by atoms with Gasteiger partial charge < -0.3 is 10.5 Å². The van der Waals surface area contributed by atoms with E-state index in [9.17, 15) is 33.4 Å². The van der Waals surface area contributed by atoms with Gasteiger partial charge in [-0.2, -0.15) is 0 Å². The van der Waals surface area contributed by atoms with Gasteiger partial charge in [-0.05, 0) is 62.7 Å². The highest BCUT2D eigenvalue weighted by molar-refractivity contribution is 7.89. The minimum atomic E-state index is -4.34. The number of nitro benzene ring substituents is 2. The number of amides is 1. The van der Waals surface area contributed by atoms with Crippen LogP contribution in [0.4, 0.5) is 16.2 Å². The van der Waals surface area contributed by atoms with Gasteiger partial charge >= 0.3 is 6.09 Å². The number of carbonyl (C=O) groups excluding carboxylic acids is 1. The van der Waals surface area contributed by atoms with Crippen LogP contribution < -0.4 is 15.2 Å². The molecular formula is C26H23N5O8S2. The van der Waals surface area contributed by atoms with E-state index in [4.69, 9.17) is 10.5 Å². The van der Waals surface area contributed by atoms with Gasteiger partial charge in [-0.25, -0.2) is 22.9 Å². The molecule has 41 heavy (non-hydrogen) atoms. The Morgan fingerprint density at radius 1 is 0.927 bits per heavy atom. The number of nitrogens with zero attached hydrogens (tertiary/aromatic N) is 3. The molecule has 3 aromatic carbocycles. The van der Waals surface area contributed by atoms with Crippen LogP contribution in [-0.2, 0) is 10.0 Å². The summed E-state index contributed by atoms with van der Waals surface area (Å²) in [5.74, 6) is -0.176. The molecule has 1 amide bonds. The lowest BCUT2D eigenvalue weighted by atomic mass is 10.0. The number of benzene rings is 3. The number of hydrogen-bond acceptors (Lipinski definition) is 10. The first-order valence-corrected chi connectivity index (χ1v) is 14.1. The molecule has 4 rings (SSSR count). The molecule has 4 aromatic rings. The topological polar surface area (TPSA) is 198 Å². The molecule has 0 radical (unpaired) electrons. The van der Waals surface area contributed by atoms with Crippen LogP contribution in [0.2, 0.25) is 0 Å². The second kappa shape index (κ2) is 11.0. The maximum Gasteiger partial charge on any atom is 0.409 e. The number of thiazole rings is 1. The zero-order valence-electron chi connectivity index (χ0n) is 21.9. The highest BCUT2D eigenvalue weighted by Crippen LogP contribution is 2.45. The molecule has 0 aliphatic carbocycles. The van der Waals surface area contributed by atoms with E-state index in [2.05, 4.69) is 9.71 Å². The van der Waals surface area contributed by atoms with Crippen LogP contribution in [0.1, 0.15) is 20.8 Å². The minimum absolute atomic E-state index is 0.0433. The van der Waals surface area contributed by atoms with Gasteiger partial charge in [0.2, 0.25) is 10.0 Å². The molecule has 3 N–H and O–H groups in total. The Morgan fingerprint density at radius 3 is 1.95 bits per heavy atom. The highest BCUT2D eigenvalue weighted by atomic mass is 32.2. The third-order valence-electron chi connectivity index (χ3n) is 5.50. The molecule has 0 aliphatic heterocycles. The lowest BCUT2D eigenvalue weighted by molar-refractivity contribution is -0.385. The number of ether oxygens (including phenoxy) is 1. The van der Waals surface area contributed by atoms with Gasteiger partial charge in [-0.15, -0.1) is 11.3 Å². The van der Waals surface area contributed by atoms with Crippen molar-refractivity contribution < 1.29 is 27.8 Å². The van der Waals surface area contributed by atoms with Gasteiger partial charge in [-0.1, -0.05) is 0 Å². The summed E-state index contributed by atoms with van der Waals surface area (Å²) < 4.78 is 35.7. The van der Waals surface area contributed by atoms with Gasteiger partial charge in [0, 0.05) is 52.7 Å². The Balaban J connectivity index is 1.99. The largest absolute Gasteiger partial charge is 0.410 e. The van der Waals surface area contributed by atoms with Gasteiger partial charge in [0.15, 0.2) is 0 Å². The van der Waals surface area contributed by atoms with Crippen molar-refractivity contribution in [3.63, 3.8) is 0 Å². The molecular weight excluding hydrogens is 574 g/mol. The summed E-state index contributed by atoms with van der Waals surface area (Å²) in [6.07, 6.45) is 0.271. The van der Waals surface area contributed by atoms with Gasteiger partial charge in [0.1, 0.15) is 15.7 Å². The highest BCUT2D eigenvalue weighted by Gasteiger charge is 2.32. The molecule has 0 fully saturated rings. The minimum Gasteiger partial charge on any atom is -0.410 e. The fourth-order valence-corrected chi connectivity index (χ4v) is 6.85. The van der Waals surface area contributed by atoms with Crippen molar-refractivity contribution >= 4 is 38.8 Å². The van der Waals surface area contributed by atoms with E-state index in [0.717, 1.165) is 11.3 Å². The molecule has 212 valence electrons. The number of carbonyl (C=O) groups is 1. The number of non-ortho nitro benzene ring substituents is 2. The van der Waals surface area contributed by atoms with Gasteiger partial charge in [-0.3, -0.25) is 20.2 Å². The molecule has 15 heteroatoms. The molecule has 13 nitrogen and oxygen atoms in total. The average Bonchev–Trinajstić information content (AvgIpc) is 3.37. The van der Waals surface area contributed by atoms with Crippen molar-refractivity contribution in [3.05, 3.63) is 87.1 Å². The number of nitrogens with one attached hydrogen (secondary N) is 1. The predicted molar refractivity (Wildman–Crippen MR) is 152 cm³/mol. The molecule has 0 saturated carbocycles. The third-order valence-corrected chi connectivity index (χ3v) is 8.42. The van der Waals surface area contributed by atoms with E-state index >= 15 is 0 Å². The summed E-state index contributed by atoms with van der Waals surface area (Å²) in [6.45, 7) is 4.96. The average molecular weight is 598 g/mol. The fourth-order valence-electron chi connectivity index (χ4n) is 3.97. The summed E-state index contributed by atoms with van der Waals surface area (Å²) >= 11 is 1.14. The molecule has 0 bridgehead atoms. The summed E-state index contributed by atoms with van der Waals surface area (Å²) in [6, 6.07) is 13.6. The first-order chi connectivity index (χ1) is 19.2. The van der Waals surface area contributed by atoms with Crippen LogP contribution in [0.25, 0.3) is 32.1 Å². The zero-order valence-corrected chi connectivity index (χ0v) is 23.5. The summed E-state index contributed by atoms with van der Waals surface area (Å²) in [5, 5.41) is 22.7. The molecule has 1 aromatic heterocycles. The first-order valence-electron chi connectivity index (χ1n) is 11.8. The van der Waals surface area contributed by atoms with Crippen LogP contribution in [0, 0.1) is 20.2 Å². The van der Waals surface area contributed by atoms with E-state index in [0.29, 0.717) is 15.4 Å². The van der Waals surface area contributed by atoms with E-state index in [1.807, 2.05) is 0 Å². The Kier molecular flexibility index (Phi) is 7.87. The third kappa shape index (κ3) is 6.54. The maximum absolute atomic E-state index is 14.0. The number of sulfonamides is 1. The van der Waals surface area contributed by atoms with E-state index in [1.165, 1.54) is 66.9 Å². The number of aromatic nitrogens is 1. The van der Waals surface area contributed by atoms with E-state index in [1.54, 1.807) is 20.8 Å². The van der Waals surface area contributed by atoms with Gasteiger partial charge in [0.05, 0.1) is 14.7 Å². The Hall–Kier alpha value is -4.73. The first kappa shape index (κ1) is 29.3. The number of hydrogen-bond donors (Lipinski definition) is 2. The molecule has 1 heterocycles. The standard InChI is InChI=1S/C26H23N5O8S2/c1-26(2,3)29-41(37,38)23-19(21-14-28-24(40-21)16-6-10-18(11-7-16)31(35)36)12-13-20(39-25(27)32)22(23)15-4-8-17(9-5-15)30(33)34/h4-14,29H,1-3H3,(H2,27,32). The number of nitro groups is 2. The quantitative estimate of drug-likeness (QED) is 0.195. The Bertz CT molecular complexity index is 1760. The summed E-state index contributed by atoms with van der Waals surface area (Å²) in [7, 11) is -4.34. The van der Waals surface area contributed by atoms with Crippen molar-refractivity contribution in [2.45, 2.75) is 31.2 Å². The second-order valence-electron chi connectivity index (χ2n) is 9.73. The van der Waals surface area contributed by atoms with Gasteiger partial charge in [0.25, 0.3) is 11.4 Å². The Labute approximate surface area is 238 Å². The smallest absolute Gasteiger partial charge is 0.409 e. The van der Waals surface area contributed by atoms with Crippen LogP contribution in [0.15, 0.2) is 71.8 Å². The monoisotopic (exact) mass is 597 g/mol. The van der Waals surface area contributed by atoms with E-state index < -0.39 is 31.5 Å². The normalized spacial score (nSPS) is 11.7. The second-order valence-corrected chi connectivity index (χ2v) is 12.4. The Morgan fingerprint density at radius 2 is 1.46 bits per heavy atom. The molecule has 0 spiro atoms. The van der Waals surface area contributed by atoms with Crippen LogP contribution in [0.5, 0.6) is 5.75 Å². The SMILES string of the molecule is CC(C)(C)NS(=O)(=O)c1c(-c2cnc(-c3ccc([N+](=O)[O-])cc3)s2)ccc(OC(N)=O)c1-c1ccc([N+](=O)[O-])cc1. The lowest BCUT2D eigenvalue weighted by Crippen LogP contribution is -2.40. The van der Waals surface area contributed by atoms with Crippen LogP contribution in [-0.4, -0.2) is 34.9 Å². The van der Waals surface area contributed by atoms with Crippen LogP contribution >= 0.6 is 11.3 Å². The van der Waals surface area contributed by atoms with Crippen molar-refractivity contribution in [2.24, 2.45) is 5.73 Å². The molecule has 0 atom stereocenters. The molecule has 0 unspecified atom stereocenters. The molecule has 0 aliphatic rings.